The summed E-state index contributed by atoms with van der Waals surface area (Å²) in [5.41, 5.74) is 12.4. The zero-order chi connectivity index (χ0) is 13.6. The van der Waals surface area contributed by atoms with Crippen molar-refractivity contribution in [3.05, 3.63) is 35.0 Å². The Hall–Kier alpha value is -1.57. The van der Waals surface area contributed by atoms with Gasteiger partial charge in [-0.15, -0.1) is 0 Å². The van der Waals surface area contributed by atoms with Crippen molar-refractivity contribution < 1.29 is 0 Å². The van der Waals surface area contributed by atoms with Gasteiger partial charge >= 0.3 is 0 Å². The molecule has 2 N–H and O–H groups in total. The second kappa shape index (κ2) is 4.22. The summed E-state index contributed by atoms with van der Waals surface area (Å²) < 4.78 is 0. The van der Waals surface area contributed by atoms with Gasteiger partial charge < -0.3 is 5.73 Å². The summed E-state index contributed by atoms with van der Waals surface area (Å²) in [7, 11) is 0. The maximum atomic E-state index is 6.41. The molecular formula is C17H22N2. The van der Waals surface area contributed by atoms with Crippen LogP contribution in [0.3, 0.4) is 0 Å². The van der Waals surface area contributed by atoms with E-state index in [0.717, 1.165) is 29.4 Å². The third-order valence-corrected chi connectivity index (χ3v) is 4.14. The molecule has 0 saturated carbocycles. The molecule has 1 aromatic heterocycles. The molecule has 1 aromatic carbocycles. The van der Waals surface area contributed by atoms with Gasteiger partial charge in [0.1, 0.15) is 0 Å². The molecule has 0 amide bonds. The van der Waals surface area contributed by atoms with Crippen LogP contribution in [0.25, 0.3) is 10.9 Å². The number of fused-ring (bicyclic) bond motifs is 2. The summed E-state index contributed by atoms with van der Waals surface area (Å²) in [5.74, 6) is 0. The minimum Gasteiger partial charge on any atom is -0.398 e. The first-order valence-corrected chi connectivity index (χ1v) is 7.19. The summed E-state index contributed by atoms with van der Waals surface area (Å²) in [4.78, 5) is 4.96. The molecule has 0 aliphatic heterocycles. The first kappa shape index (κ1) is 12.5. The van der Waals surface area contributed by atoms with Gasteiger partial charge in [-0.25, -0.2) is 0 Å². The van der Waals surface area contributed by atoms with Crippen molar-refractivity contribution >= 4 is 16.6 Å². The average Bonchev–Trinajstić information content (AvgIpc) is 2.37. The molecule has 0 radical (unpaired) electrons. The molecule has 0 unspecified atom stereocenters. The quantitative estimate of drug-likeness (QED) is 0.772. The minimum atomic E-state index is 0.0991. The zero-order valence-corrected chi connectivity index (χ0v) is 12.1. The van der Waals surface area contributed by atoms with Gasteiger partial charge in [0.25, 0.3) is 0 Å². The van der Waals surface area contributed by atoms with Crippen molar-refractivity contribution in [1.29, 1.82) is 0 Å². The van der Waals surface area contributed by atoms with Crippen LogP contribution in [0.4, 0.5) is 5.69 Å². The van der Waals surface area contributed by atoms with E-state index in [1.807, 2.05) is 0 Å². The van der Waals surface area contributed by atoms with Crippen LogP contribution in [-0.4, -0.2) is 4.98 Å². The number of hydrogen-bond donors (Lipinski definition) is 1. The van der Waals surface area contributed by atoms with Gasteiger partial charge in [-0.3, -0.25) is 4.98 Å². The molecule has 2 aromatic rings. The van der Waals surface area contributed by atoms with E-state index < -0.39 is 0 Å². The number of anilines is 1. The number of aryl methyl sites for hydroxylation is 1. The zero-order valence-electron chi connectivity index (χ0n) is 12.1. The molecule has 2 heteroatoms. The molecule has 0 atom stereocenters. The normalized spacial score (nSPS) is 15.5. The van der Waals surface area contributed by atoms with Gasteiger partial charge in [-0.1, -0.05) is 39.0 Å². The third kappa shape index (κ3) is 1.99. The Kier molecular flexibility index (Phi) is 2.77. The summed E-state index contributed by atoms with van der Waals surface area (Å²) in [6, 6.07) is 6.40. The first-order valence-electron chi connectivity index (χ1n) is 7.19. The van der Waals surface area contributed by atoms with Gasteiger partial charge in [0.15, 0.2) is 0 Å². The van der Waals surface area contributed by atoms with Gasteiger partial charge in [-0.05, 0) is 42.2 Å². The predicted octanol–water partition coefficient (Wildman–Crippen LogP) is 3.99. The summed E-state index contributed by atoms with van der Waals surface area (Å²) >= 11 is 0. The van der Waals surface area contributed by atoms with Crippen molar-refractivity contribution in [2.75, 3.05) is 5.73 Å². The number of nitrogens with zero attached hydrogens (tertiary/aromatic N) is 1. The molecule has 1 aliphatic carbocycles. The van der Waals surface area contributed by atoms with Crippen molar-refractivity contribution in [1.82, 2.24) is 4.98 Å². The lowest BCUT2D eigenvalue weighted by Crippen LogP contribution is -2.15. The molecule has 1 aliphatic rings. The van der Waals surface area contributed by atoms with Crippen molar-refractivity contribution in [2.24, 2.45) is 0 Å². The van der Waals surface area contributed by atoms with E-state index in [1.54, 1.807) is 0 Å². The minimum absolute atomic E-state index is 0.0991. The van der Waals surface area contributed by atoms with Gasteiger partial charge in [0, 0.05) is 16.8 Å². The Morgan fingerprint density at radius 2 is 1.84 bits per heavy atom. The van der Waals surface area contributed by atoms with Crippen molar-refractivity contribution in [2.45, 2.75) is 51.9 Å². The Morgan fingerprint density at radius 3 is 2.58 bits per heavy atom. The number of nitrogens with two attached hydrogens (primary N) is 1. The summed E-state index contributed by atoms with van der Waals surface area (Å²) in [6.07, 6.45) is 4.64. The Labute approximate surface area is 115 Å². The summed E-state index contributed by atoms with van der Waals surface area (Å²) in [5, 5.41) is 1.13. The molecule has 2 nitrogen and oxygen atoms in total. The monoisotopic (exact) mass is 254 g/mol. The average molecular weight is 254 g/mol. The highest BCUT2D eigenvalue weighted by molar-refractivity contribution is 5.94. The molecule has 3 rings (SSSR count). The lowest BCUT2D eigenvalue weighted by molar-refractivity contribution is 0.593. The summed E-state index contributed by atoms with van der Waals surface area (Å²) in [6.45, 7) is 6.71. The number of benzene rings is 1. The highest BCUT2D eigenvalue weighted by Crippen LogP contribution is 2.35. The van der Waals surface area contributed by atoms with Crippen LogP contribution in [0.1, 0.15) is 50.4 Å². The molecule has 19 heavy (non-hydrogen) atoms. The molecular weight excluding hydrogens is 232 g/mol. The number of aromatic nitrogens is 1. The maximum Gasteiger partial charge on any atom is 0.0763 e. The molecule has 100 valence electrons. The SMILES string of the molecule is CC(C)(C)c1cccc2c(N)c3c(nc12)CCCC3. The fourth-order valence-electron chi connectivity index (χ4n) is 3.09. The molecule has 0 fully saturated rings. The number of pyridine rings is 1. The van der Waals surface area contributed by atoms with Crippen LogP contribution >= 0.6 is 0 Å². The van der Waals surface area contributed by atoms with Crippen LogP contribution in [0.5, 0.6) is 0 Å². The van der Waals surface area contributed by atoms with E-state index in [9.17, 15) is 0 Å². The van der Waals surface area contributed by atoms with E-state index in [4.69, 9.17) is 10.7 Å². The Balaban J connectivity index is 2.36. The van der Waals surface area contributed by atoms with E-state index in [0.29, 0.717) is 0 Å². The Bertz CT molecular complexity index is 636. The van der Waals surface area contributed by atoms with Crippen LogP contribution in [0.2, 0.25) is 0 Å². The van der Waals surface area contributed by atoms with Crippen molar-refractivity contribution in [3.8, 4) is 0 Å². The second-order valence-corrected chi connectivity index (χ2v) is 6.61. The fourth-order valence-corrected chi connectivity index (χ4v) is 3.09. The van der Waals surface area contributed by atoms with Crippen LogP contribution in [0.15, 0.2) is 18.2 Å². The van der Waals surface area contributed by atoms with E-state index in [-0.39, 0.29) is 5.41 Å². The Morgan fingerprint density at radius 1 is 1.11 bits per heavy atom. The number of hydrogen-bond acceptors (Lipinski definition) is 2. The maximum absolute atomic E-state index is 6.41. The largest absolute Gasteiger partial charge is 0.398 e. The van der Waals surface area contributed by atoms with E-state index in [1.165, 1.54) is 29.7 Å². The number of rotatable bonds is 0. The van der Waals surface area contributed by atoms with E-state index >= 15 is 0 Å². The predicted molar refractivity (Wildman–Crippen MR) is 81.5 cm³/mol. The molecule has 0 spiro atoms. The van der Waals surface area contributed by atoms with Crippen LogP contribution in [-0.2, 0) is 18.3 Å². The molecule has 0 bridgehead atoms. The standard InChI is InChI=1S/C17H22N2/c1-17(2,3)13-9-6-8-12-15(18)11-7-4-5-10-14(11)19-16(12)13/h6,8-9H,4-5,7,10H2,1-3H3,(H2,18,19). The lowest BCUT2D eigenvalue weighted by atomic mass is 9.84. The number of nitrogen functional groups attached to an aromatic ring is 1. The fraction of sp³-hybridized carbons (Fsp3) is 0.471. The number of para-hydroxylation sites is 1. The van der Waals surface area contributed by atoms with E-state index in [2.05, 4.69) is 39.0 Å². The smallest absolute Gasteiger partial charge is 0.0763 e. The highest BCUT2D eigenvalue weighted by atomic mass is 14.7. The highest BCUT2D eigenvalue weighted by Gasteiger charge is 2.22. The lowest BCUT2D eigenvalue weighted by Gasteiger charge is -2.24. The topological polar surface area (TPSA) is 38.9 Å². The second-order valence-electron chi connectivity index (χ2n) is 6.61. The molecule has 0 saturated heterocycles. The van der Waals surface area contributed by atoms with Gasteiger partial charge in [-0.2, -0.15) is 0 Å². The third-order valence-electron chi connectivity index (χ3n) is 4.14. The van der Waals surface area contributed by atoms with Gasteiger partial charge in [0.05, 0.1) is 5.52 Å². The first-order chi connectivity index (χ1) is 8.98. The van der Waals surface area contributed by atoms with Crippen LogP contribution < -0.4 is 5.73 Å². The molecule has 1 heterocycles. The van der Waals surface area contributed by atoms with Crippen molar-refractivity contribution in [3.63, 3.8) is 0 Å². The van der Waals surface area contributed by atoms with Gasteiger partial charge in [0.2, 0.25) is 0 Å². The van der Waals surface area contributed by atoms with Crippen LogP contribution in [0, 0.1) is 0 Å².